The van der Waals surface area contributed by atoms with E-state index < -0.39 is 47.9 Å². The number of carboxylic acid groups (broad SMARTS) is 1. The minimum absolute atomic E-state index is 0.00238. The smallest absolute Gasteiger partial charge is 0.326 e. The lowest BCUT2D eigenvalue weighted by Gasteiger charge is -2.25. The van der Waals surface area contributed by atoms with Gasteiger partial charge in [0.15, 0.2) is 5.96 Å². The highest BCUT2D eigenvalue weighted by Gasteiger charge is 2.30. The van der Waals surface area contributed by atoms with E-state index in [1.807, 2.05) is 6.26 Å². The maximum atomic E-state index is 13.7. The van der Waals surface area contributed by atoms with Gasteiger partial charge in [-0.05, 0) is 66.7 Å². The van der Waals surface area contributed by atoms with E-state index >= 15 is 0 Å². The second-order valence-electron chi connectivity index (χ2n) is 10.1. The third-order valence-corrected chi connectivity index (χ3v) is 7.19. The normalized spacial score (nSPS) is 13.5. The molecule has 4 atom stereocenters. The number of nitrogens with one attached hydrogen (secondary N) is 3. The van der Waals surface area contributed by atoms with Gasteiger partial charge in [-0.3, -0.25) is 19.4 Å². The molecule has 3 amide bonds. The lowest BCUT2D eigenvalue weighted by Crippen LogP contribution is -2.58. The van der Waals surface area contributed by atoms with Crippen molar-refractivity contribution in [3.05, 3.63) is 59.7 Å². The Morgan fingerprint density at radius 3 is 1.66 bits per heavy atom. The number of phenolic OH excluding ortho intramolecular Hbond substituents is 2. The first kappa shape index (κ1) is 35.7. The Hall–Kier alpha value is -4.50. The van der Waals surface area contributed by atoms with Crippen LogP contribution < -0.4 is 33.2 Å². The number of nitrogens with two attached hydrogens (primary N) is 3. The van der Waals surface area contributed by atoms with Gasteiger partial charge in [0.2, 0.25) is 17.7 Å². The molecule has 14 nitrogen and oxygen atoms in total. The molecular weight excluding hydrogens is 590 g/mol. The van der Waals surface area contributed by atoms with E-state index in [2.05, 4.69) is 20.9 Å². The summed E-state index contributed by atoms with van der Waals surface area (Å²) < 4.78 is 0. The van der Waals surface area contributed by atoms with Crippen molar-refractivity contribution in [2.75, 3.05) is 18.6 Å². The fourth-order valence-electron chi connectivity index (χ4n) is 4.12. The predicted molar refractivity (Wildman–Crippen MR) is 168 cm³/mol. The number of carbonyl (C=O) groups excluding carboxylic acids is 3. The molecule has 0 aliphatic heterocycles. The van der Waals surface area contributed by atoms with E-state index in [0.717, 1.165) is 0 Å². The van der Waals surface area contributed by atoms with Crippen LogP contribution in [0.2, 0.25) is 0 Å². The molecule has 0 aliphatic carbocycles. The molecule has 2 rings (SSSR count). The van der Waals surface area contributed by atoms with Crippen LogP contribution in [0.1, 0.15) is 30.4 Å². The maximum absolute atomic E-state index is 13.7. The standard InChI is InChI=1S/C29H41N7O7S/c1-44-14-12-22(28(42)43)34-26(40)24(16-18-6-10-20(38)11-7-18)36-27(41)23(15-17-4-8-19(37)9-5-17)35-25(39)21(30)3-2-13-33-29(31)32/h4-11,21-24,37-38H,2-3,12-16,30H2,1H3,(H,34,40)(H,35,39)(H,36,41)(H,42,43)(H4,31,32,33). The molecular formula is C29H41N7O7S. The summed E-state index contributed by atoms with van der Waals surface area (Å²) in [5.41, 5.74) is 17.9. The number of carboxylic acids is 1. The minimum atomic E-state index is -1.23. The summed E-state index contributed by atoms with van der Waals surface area (Å²) in [5, 5.41) is 36.8. The highest BCUT2D eigenvalue weighted by atomic mass is 32.2. The lowest BCUT2D eigenvalue weighted by atomic mass is 10.0. The summed E-state index contributed by atoms with van der Waals surface area (Å²) in [6, 6.07) is 7.45. The molecule has 12 N–H and O–H groups in total. The number of amides is 3. The van der Waals surface area contributed by atoms with Crippen molar-refractivity contribution in [2.24, 2.45) is 22.2 Å². The van der Waals surface area contributed by atoms with E-state index in [9.17, 15) is 34.5 Å². The lowest BCUT2D eigenvalue weighted by molar-refractivity contribution is -0.142. The van der Waals surface area contributed by atoms with Crippen LogP contribution in [0.3, 0.4) is 0 Å². The molecule has 0 saturated carbocycles. The Bertz CT molecular complexity index is 1270. The zero-order chi connectivity index (χ0) is 32.6. The SMILES string of the molecule is CSCCC(NC(=O)C(Cc1ccc(O)cc1)NC(=O)C(Cc1ccc(O)cc1)NC(=O)C(N)CCCN=C(N)N)C(=O)O. The molecule has 0 heterocycles. The number of aromatic hydroxyl groups is 2. The first-order chi connectivity index (χ1) is 20.9. The molecule has 0 spiro atoms. The van der Waals surface area contributed by atoms with Gasteiger partial charge in [-0.25, -0.2) is 4.79 Å². The Labute approximate surface area is 259 Å². The van der Waals surface area contributed by atoms with Gasteiger partial charge < -0.3 is 48.5 Å². The van der Waals surface area contributed by atoms with Crippen molar-refractivity contribution in [1.82, 2.24) is 16.0 Å². The number of benzene rings is 2. The zero-order valence-corrected chi connectivity index (χ0v) is 25.3. The van der Waals surface area contributed by atoms with Gasteiger partial charge in [-0.2, -0.15) is 11.8 Å². The number of rotatable bonds is 18. The Morgan fingerprint density at radius 1 is 0.773 bits per heavy atom. The van der Waals surface area contributed by atoms with Crippen LogP contribution in [0, 0.1) is 0 Å². The van der Waals surface area contributed by atoms with Crippen LogP contribution in [0.15, 0.2) is 53.5 Å². The number of nitrogens with zero attached hydrogens (tertiary/aromatic N) is 1. The predicted octanol–water partition coefficient (Wildman–Crippen LogP) is -0.444. The number of aliphatic carboxylic acids is 1. The van der Waals surface area contributed by atoms with Gasteiger partial charge in [0, 0.05) is 19.4 Å². The fraction of sp³-hybridized carbons (Fsp3) is 0.414. The van der Waals surface area contributed by atoms with Crippen molar-refractivity contribution >= 4 is 41.4 Å². The van der Waals surface area contributed by atoms with Crippen LogP contribution in [0.4, 0.5) is 0 Å². The first-order valence-corrected chi connectivity index (χ1v) is 15.3. The molecule has 0 saturated heterocycles. The molecule has 2 aromatic carbocycles. The number of guanidine groups is 1. The second-order valence-corrected chi connectivity index (χ2v) is 11.1. The van der Waals surface area contributed by atoms with Crippen LogP contribution >= 0.6 is 11.8 Å². The molecule has 0 fully saturated rings. The summed E-state index contributed by atoms with van der Waals surface area (Å²) in [5.74, 6) is -2.85. The van der Waals surface area contributed by atoms with E-state index in [1.54, 1.807) is 24.3 Å². The summed E-state index contributed by atoms with van der Waals surface area (Å²) in [6.45, 7) is 0.267. The largest absolute Gasteiger partial charge is 0.508 e. The Morgan fingerprint density at radius 2 is 1.23 bits per heavy atom. The van der Waals surface area contributed by atoms with Gasteiger partial charge in [-0.1, -0.05) is 24.3 Å². The fourth-order valence-corrected chi connectivity index (χ4v) is 4.59. The highest BCUT2D eigenvalue weighted by molar-refractivity contribution is 7.98. The number of thioether (sulfide) groups is 1. The van der Waals surface area contributed by atoms with Crippen molar-refractivity contribution < 1.29 is 34.5 Å². The quantitative estimate of drug-likeness (QED) is 0.0579. The topological polar surface area (TPSA) is 255 Å². The summed E-state index contributed by atoms with van der Waals surface area (Å²) in [4.78, 5) is 55.7. The van der Waals surface area contributed by atoms with Gasteiger partial charge >= 0.3 is 5.97 Å². The molecule has 0 aliphatic rings. The van der Waals surface area contributed by atoms with Crippen LogP contribution in [-0.4, -0.2) is 87.7 Å². The van der Waals surface area contributed by atoms with Crippen molar-refractivity contribution in [1.29, 1.82) is 0 Å². The van der Waals surface area contributed by atoms with Crippen molar-refractivity contribution in [3.8, 4) is 11.5 Å². The highest BCUT2D eigenvalue weighted by Crippen LogP contribution is 2.14. The number of hydrogen-bond donors (Lipinski definition) is 9. The Kier molecular flexibility index (Phi) is 14.8. The average molecular weight is 632 g/mol. The van der Waals surface area contributed by atoms with E-state index in [0.29, 0.717) is 23.3 Å². The molecule has 0 aromatic heterocycles. The van der Waals surface area contributed by atoms with Crippen LogP contribution in [0.25, 0.3) is 0 Å². The molecule has 44 heavy (non-hydrogen) atoms. The van der Waals surface area contributed by atoms with Gasteiger partial charge in [0.25, 0.3) is 0 Å². The second kappa shape index (κ2) is 18.2. The van der Waals surface area contributed by atoms with E-state index in [1.165, 1.54) is 36.0 Å². The first-order valence-electron chi connectivity index (χ1n) is 13.9. The molecule has 0 radical (unpaired) electrons. The molecule has 4 unspecified atom stereocenters. The molecule has 240 valence electrons. The monoisotopic (exact) mass is 631 g/mol. The molecule has 15 heteroatoms. The number of phenols is 2. The van der Waals surface area contributed by atoms with Crippen molar-refractivity contribution in [2.45, 2.75) is 56.3 Å². The third-order valence-electron chi connectivity index (χ3n) is 6.55. The molecule has 2 aromatic rings. The minimum Gasteiger partial charge on any atom is -0.508 e. The Balaban J connectivity index is 2.29. The van der Waals surface area contributed by atoms with Gasteiger partial charge in [0.05, 0.1) is 6.04 Å². The summed E-state index contributed by atoms with van der Waals surface area (Å²) >= 11 is 1.43. The number of carbonyl (C=O) groups is 4. The summed E-state index contributed by atoms with van der Waals surface area (Å²) in [6.07, 6.45) is 2.59. The van der Waals surface area contributed by atoms with Crippen molar-refractivity contribution in [3.63, 3.8) is 0 Å². The van der Waals surface area contributed by atoms with Crippen LogP contribution in [0.5, 0.6) is 11.5 Å². The number of aliphatic imine (C=N–C) groups is 1. The average Bonchev–Trinajstić information content (AvgIpc) is 2.98. The van der Waals surface area contributed by atoms with E-state index in [4.69, 9.17) is 17.2 Å². The zero-order valence-electron chi connectivity index (χ0n) is 24.4. The van der Waals surface area contributed by atoms with Gasteiger partial charge in [0.1, 0.15) is 29.6 Å². The van der Waals surface area contributed by atoms with E-state index in [-0.39, 0.29) is 49.7 Å². The van der Waals surface area contributed by atoms with Gasteiger partial charge in [-0.15, -0.1) is 0 Å². The van der Waals surface area contributed by atoms with Crippen LogP contribution in [-0.2, 0) is 32.0 Å². The maximum Gasteiger partial charge on any atom is 0.326 e. The summed E-state index contributed by atoms with van der Waals surface area (Å²) in [7, 11) is 0. The number of hydrogen-bond acceptors (Lipinski definition) is 9. The molecule has 0 bridgehead atoms. The third kappa shape index (κ3) is 12.8.